The Balaban J connectivity index is 1.44. The van der Waals surface area contributed by atoms with Crippen LogP contribution in [0.3, 0.4) is 0 Å². The van der Waals surface area contributed by atoms with Gasteiger partial charge in [-0.15, -0.1) is 0 Å². The van der Waals surface area contributed by atoms with Gasteiger partial charge in [-0.3, -0.25) is 0 Å². The lowest BCUT2D eigenvalue weighted by molar-refractivity contribution is 0.628. The largest absolute Gasteiger partial charge is 0.309 e. The van der Waals surface area contributed by atoms with Crippen molar-refractivity contribution in [1.29, 1.82) is 0 Å². The first-order chi connectivity index (χ1) is 19.1. The summed E-state index contributed by atoms with van der Waals surface area (Å²) in [5.41, 5.74) is 6.91. The van der Waals surface area contributed by atoms with Crippen LogP contribution in [0, 0.1) is 11.6 Å². The molecule has 0 bridgehead atoms. The van der Waals surface area contributed by atoms with Crippen molar-refractivity contribution in [3.63, 3.8) is 0 Å². The lowest BCUT2D eigenvalue weighted by atomic mass is 10.1. The number of aromatic nitrogens is 3. The van der Waals surface area contributed by atoms with Crippen LogP contribution in [-0.4, -0.2) is 14.5 Å². The summed E-state index contributed by atoms with van der Waals surface area (Å²) in [6, 6.07) is 39.2. The smallest absolute Gasteiger partial charge is 0.160 e. The molecule has 7 rings (SSSR count). The third-order valence-electron chi connectivity index (χ3n) is 6.92. The highest BCUT2D eigenvalue weighted by Gasteiger charge is 2.16. The molecule has 39 heavy (non-hydrogen) atoms. The van der Waals surface area contributed by atoms with Gasteiger partial charge in [-0.1, -0.05) is 72.8 Å². The quantitative estimate of drug-likeness (QED) is 0.237. The van der Waals surface area contributed by atoms with E-state index in [1.165, 1.54) is 24.3 Å². The number of fused-ring (bicyclic) bond motifs is 3. The highest BCUT2D eigenvalue weighted by atomic mass is 19.1. The van der Waals surface area contributed by atoms with Crippen LogP contribution in [0.2, 0.25) is 0 Å². The topological polar surface area (TPSA) is 30.7 Å². The number of halogens is 2. The summed E-state index contributed by atoms with van der Waals surface area (Å²) < 4.78 is 30.4. The summed E-state index contributed by atoms with van der Waals surface area (Å²) in [4.78, 5) is 9.83. The van der Waals surface area contributed by atoms with Crippen LogP contribution in [0.5, 0.6) is 0 Å². The fourth-order valence-corrected chi connectivity index (χ4v) is 5.12. The molecule has 5 aromatic carbocycles. The molecule has 0 unspecified atom stereocenters. The molecule has 0 saturated carbocycles. The van der Waals surface area contributed by atoms with Gasteiger partial charge in [0.05, 0.1) is 22.4 Å². The minimum absolute atomic E-state index is 0.359. The van der Waals surface area contributed by atoms with E-state index < -0.39 is 0 Å². The van der Waals surface area contributed by atoms with Crippen molar-refractivity contribution in [1.82, 2.24) is 14.5 Å². The predicted octanol–water partition coefficient (Wildman–Crippen LogP) is 8.85. The normalized spacial score (nSPS) is 11.3. The maximum absolute atomic E-state index is 14.2. The summed E-state index contributed by atoms with van der Waals surface area (Å²) >= 11 is 0. The lowest BCUT2D eigenvalue weighted by Gasteiger charge is -2.12. The second kappa shape index (κ2) is 9.30. The fourth-order valence-electron chi connectivity index (χ4n) is 5.12. The van der Waals surface area contributed by atoms with Crippen LogP contribution in [0.1, 0.15) is 0 Å². The monoisotopic (exact) mass is 509 g/mol. The molecule has 2 aromatic heterocycles. The first kappa shape index (κ1) is 23.0. The third-order valence-corrected chi connectivity index (χ3v) is 6.92. The Hall–Kier alpha value is -5.16. The Morgan fingerprint density at radius 1 is 0.462 bits per heavy atom. The van der Waals surface area contributed by atoms with Crippen molar-refractivity contribution in [2.75, 3.05) is 0 Å². The van der Waals surface area contributed by atoms with Crippen molar-refractivity contribution >= 4 is 21.8 Å². The summed E-state index contributed by atoms with van der Waals surface area (Å²) in [5, 5.41) is 1.32. The minimum atomic E-state index is -0.359. The van der Waals surface area contributed by atoms with Crippen molar-refractivity contribution in [3.8, 4) is 39.6 Å². The van der Waals surface area contributed by atoms with Crippen molar-refractivity contribution in [2.45, 2.75) is 0 Å². The predicted molar refractivity (Wildman–Crippen MR) is 153 cm³/mol. The Labute approximate surface area is 223 Å². The number of hydrogen-bond donors (Lipinski definition) is 0. The van der Waals surface area contributed by atoms with Crippen LogP contribution in [0.15, 0.2) is 127 Å². The van der Waals surface area contributed by atoms with E-state index in [9.17, 15) is 8.78 Å². The second-order valence-electron chi connectivity index (χ2n) is 9.40. The van der Waals surface area contributed by atoms with Gasteiger partial charge >= 0.3 is 0 Å². The molecule has 0 aliphatic rings. The van der Waals surface area contributed by atoms with Gasteiger partial charge in [0.15, 0.2) is 5.82 Å². The van der Waals surface area contributed by atoms with Crippen LogP contribution in [-0.2, 0) is 0 Å². The van der Waals surface area contributed by atoms with Gasteiger partial charge in [-0.2, -0.15) is 0 Å². The summed E-state index contributed by atoms with van der Waals surface area (Å²) in [6.07, 6.45) is 0. The van der Waals surface area contributed by atoms with Gasteiger partial charge < -0.3 is 4.57 Å². The van der Waals surface area contributed by atoms with Crippen LogP contribution >= 0.6 is 0 Å². The highest BCUT2D eigenvalue weighted by Crippen LogP contribution is 2.35. The molecule has 0 aliphatic carbocycles. The Kier molecular flexibility index (Phi) is 5.48. The summed E-state index contributed by atoms with van der Waals surface area (Å²) in [7, 11) is 0. The van der Waals surface area contributed by atoms with E-state index >= 15 is 0 Å². The minimum Gasteiger partial charge on any atom is -0.309 e. The first-order valence-electron chi connectivity index (χ1n) is 12.6. The molecule has 0 aliphatic heterocycles. The first-order valence-corrected chi connectivity index (χ1v) is 12.6. The molecule has 3 nitrogen and oxygen atoms in total. The Morgan fingerprint density at radius 2 is 1.00 bits per heavy atom. The highest BCUT2D eigenvalue weighted by molar-refractivity contribution is 6.09. The molecular formula is C34H21F2N3. The molecule has 0 saturated heterocycles. The zero-order valence-corrected chi connectivity index (χ0v) is 20.7. The van der Waals surface area contributed by atoms with Gasteiger partial charge in [0, 0.05) is 33.2 Å². The van der Waals surface area contributed by atoms with E-state index in [1.807, 2.05) is 89.5 Å². The van der Waals surface area contributed by atoms with Gasteiger partial charge in [0.25, 0.3) is 0 Å². The lowest BCUT2D eigenvalue weighted by Crippen LogP contribution is -1.98. The molecule has 0 N–H and O–H groups in total. The Bertz CT molecular complexity index is 1860. The summed E-state index contributed by atoms with van der Waals surface area (Å²) in [6.45, 7) is 0. The number of benzene rings is 5. The van der Waals surface area contributed by atoms with E-state index in [0.29, 0.717) is 16.6 Å². The molecule has 186 valence electrons. The second-order valence-corrected chi connectivity index (χ2v) is 9.40. The Morgan fingerprint density at radius 3 is 1.62 bits per heavy atom. The molecule has 0 fully saturated rings. The molecule has 0 spiro atoms. The van der Waals surface area contributed by atoms with Crippen LogP contribution < -0.4 is 0 Å². The molecule has 2 heterocycles. The third kappa shape index (κ3) is 4.14. The SMILES string of the molecule is Fc1ccc2c(c1)c1cc(F)ccc1n2-c1cccc(-c2cc(-c3ccccc3)nc(-c3ccccc3)n2)c1. The van der Waals surface area contributed by atoms with Crippen molar-refractivity contribution in [2.24, 2.45) is 0 Å². The molecule has 7 aromatic rings. The molecule has 0 radical (unpaired) electrons. The van der Waals surface area contributed by atoms with Crippen molar-refractivity contribution < 1.29 is 8.78 Å². The average Bonchev–Trinajstić information content (AvgIpc) is 3.30. The van der Waals surface area contributed by atoms with E-state index in [4.69, 9.17) is 9.97 Å². The zero-order valence-electron chi connectivity index (χ0n) is 20.7. The van der Waals surface area contributed by atoms with Gasteiger partial charge in [0.1, 0.15) is 11.6 Å². The molecule has 0 amide bonds. The van der Waals surface area contributed by atoms with Gasteiger partial charge in [0.2, 0.25) is 0 Å². The summed E-state index contributed by atoms with van der Waals surface area (Å²) in [5.74, 6) is -0.0787. The number of rotatable bonds is 4. The van der Waals surface area contributed by atoms with Crippen LogP contribution in [0.25, 0.3) is 61.4 Å². The number of nitrogens with zero attached hydrogens (tertiary/aromatic N) is 3. The van der Waals surface area contributed by atoms with Crippen molar-refractivity contribution in [3.05, 3.63) is 139 Å². The zero-order chi connectivity index (χ0) is 26.3. The standard InChI is InChI=1S/C34H21F2N3/c35-25-14-16-32-28(19-25)29-20-26(36)15-17-33(29)39(32)27-13-7-12-24(18-27)31-21-30(22-8-3-1-4-9-22)37-34(38-31)23-10-5-2-6-11-23/h1-21H. The fraction of sp³-hybridized carbons (Fsp3) is 0. The molecule has 5 heteroatoms. The number of hydrogen-bond acceptors (Lipinski definition) is 2. The molecule has 0 atom stereocenters. The van der Waals surface area contributed by atoms with E-state index in [2.05, 4.69) is 6.07 Å². The van der Waals surface area contributed by atoms with Gasteiger partial charge in [-0.05, 0) is 54.6 Å². The van der Waals surface area contributed by atoms with E-state index in [0.717, 1.165) is 44.8 Å². The van der Waals surface area contributed by atoms with Gasteiger partial charge in [-0.25, -0.2) is 18.7 Å². The van der Waals surface area contributed by atoms with E-state index in [1.54, 1.807) is 12.1 Å². The molecular weight excluding hydrogens is 488 g/mol. The average molecular weight is 510 g/mol. The maximum atomic E-state index is 14.2. The maximum Gasteiger partial charge on any atom is 0.160 e. The van der Waals surface area contributed by atoms with Crippen LogP contribution in [0.4, 0.5) is 8.78 Å². The van der Waals surface area contributed by atoms with E-state index in [-0.39, 0.29) is 11.6 Å².